The first-order valence-corrected chi connectivity index (χ1v) is 8.97. The predicted octanol–water partition coefficient (Wildman–Crippen LogP) is 3.65. The first-order chi connectivity index (χ1) is 12.5. The second-order valence-electron chi connectivity index (χ2n) is 5.97. The Balaban J connectivity index is 1.95. The Hall–Kier alpha value is -2.73. The lowest BCUT2D eigenvalue weighted by Crippen LogP contribution is -2.34. The van der Waals surface area contributed by atoms with Crippen LogP contribution in [0.2, 0.25) is 0 Å². The minimum Gasteiger partial charge on any atom is -0.352 e. The first-order valence-electron chi connectivity index (χ1n) is 8.57. The van der Waals surface area contributed by atoms with Gasteiger partial charge in [-0.3, -0.25) is 14.9 Å². The normalized spacial score (nSPS) is 10.1. The van der Waals surface area contributed by atoms with Crippen LogP contribution in [0.15, 0.2) is 48.5 Å². The fourth-order valence-corrected chi connectivity index (χ4v) is 2.55. The number of rotatable bonds is 6. The van der Waals surface area contributed by atoms with E-state index in [4.69, 9.17) is 12.2 Å². The van der Waals surface area contributed by atoms with Crippen molar-refractivity contribution in [1.82, 2.24) is 10.6 Å². The number of hydrogen-bond donors (Lipinski definition) is 3. The van der Waals surface area contributed by atoms with Gasteiger partial charge in [-0.2, -0.15) is 0 Å². The monoisotopic (exact) mass is 369 g/mol. The zero-order chi connectivity index (χ0) is 18.9. The summed E-state index contributed by atoms with van der Waals surface area (Å²) in [4.78, 5) is 24.3. The summed E-state index contributed by atoms with van der Waals surface area (Å²) in [6.45, 7) is 4.64. The maximum atomic E-state index is 12.2. The summed E-state index contributed by atoms with van der Waals surface area (Å²) in [5, 5.41) is 8.63. The largest absolute Gasteiger partial charge is 0.352 e. The average Bonchev–Trinajstić information content (AvgIpc) is 2.62. The van der Waals surface area contributed by atoms with E-state index >= 15 is 0 Å². The van der Waals surface area contributed by atoms with Crippen molar-refractivity contribution in [2.75, 3.05) is 11.9 Å². The molecular weight excluding hydrogens is 346 g/mol. The van der Waals surface area contributed by atoms with Gasteiger partial charge in [-0.05, 0) is 55.9 Å². The first kappa shape index (κ1) is 19.6. The van der Waals surface area contributed by atoms with Crippen molar-refractivity contribution in [3.8, 4) is 0 Å². The number of hydrogen-bond acceptors (Lipinski definition) is 3. The molecule has 2 aromatic carbocycles. The third-order valence-electron chi connectivity index (χ3n) is 3.71. The number of aryl methyl sites for hydroxylation is 1. The fourth-order valence-electron chi connectivity index (χ4n) is 2.34. The smallest absolute Gasteiger partial charge is 0.257 e. The number of amides is 2. The molecule has 0 fully saturated rings. The molecule has 0 aliphatic rings. The standard InChI is InChI=1S/C20H23N3O2S/c1-3-4-11-21-18(24)16-9-6-10-17(13-16)22-20(26)23-19(25)15-8-5-7-14(2)12-15/h5-10,12-13H,3-4,11H2,1-2H3,(H,21,24)(H2,22,23,25,26). The molecule has 0 saturated heterocycles. The van der Waals surface area contributed by atoms with Gasteiger partial charge in [0.2, 0.25) is 0 Å². The van der Waals surface area contributed by atoms with Crippen LogP contribution in [0.5, 0.6) is 0 Å². The third-order valence-corrected chi connectivity index (χ3v) is 3.91. The van der Waals surface area contributed by atoms with Gasteiger partial charge in [-0.25, -0.2) is 0 Å². The summed E-state index contributed by atoms with van der Waals surface area (Å²) in [5.74, 6) is -0.406. The third kappa shape index (κ3) is 5.97. The van der Waals surface area contributed by atoms with Crippen LogP contribution in [0.25, 0.3) is 0 Å². The van der Waals surface area contributed by atoms with E-state index < -0.39 is 0 Å². The predicted molar refractivity (Wildman–Crippen MR) is 109 cm³/mol. The van der Waals surface area contributed by atoms with E-state index in [9.17, 15) is 9.59 Å². The molecule has 0 saturated carbocycles. The summed E-state index contributed by atoms with van der Waals surface area (Å²) in [7, 11) is 0. The molecule has 0 unspecified atom stereocenters. The minimum absolute atomic E-state index is 0.128. The molecule has 0 aliphatic heterocycles. The number of carbonyl (C=O) groups excluding carboxylic acids is 2. The molecule has 0 spiro atoms. The quantitative estimate of drug-likeness (QED) is 0.537. The maximum absolute atomic E-state index is 12.2. The van der Waals surface area contributed by atoms with Crippen molar-refractivity contribution in [1.29, 1.82) is 0 Å². The molecule has 6 heteroatoms. The van der Waals surface area contributed by atoms with Crippen LogP contribution in [0.4, 0.5) is 5.69 Å². The molecule has 0 bridgehead atoms. The molecule has 2 rings (SSSR count). The molecule has 136 valence electrons. The van der Waals surface area contributed by atoms with Gasteiger partial charge in [-0.15, -0.1) is 0 Å². The summed E-state index contributed by atoms with van der Waals surface area (Å²) in [6.07, 6.45) is 1.97. The van der Waals surface area contributed by atoms with Crippen molar-refractivity contribution in [3.05, 3.63) is 65.2 Å². The van der Waals surface area contributed by atoms with E-state index in [1.54, 1.807) is 36.4 Å². The Kier molecular flexibility index (Phi) is 7.29. The number of unbranched alkanes of at least 4 members (excludes halogenated alkanes) is 1. The van der Waals surface area contributed by atoms with Crippen LogP contribution in [0.1, 0.15) is 46.0 Å². The molecule has 0 aliphatic carbocycles. The lowest BCUT2D eigenvalue weighted by molar-refractivity contribution is 0.0950. The Bertz CT molecular complexity index is 805. The van der Waals surface area contributed by atoms with E-state index in [1.165, 1.54) is 0 Å². The van der Waals surface area contributed by atoms with Gasteiger partial charge >= 0.3 is 0 Å². The van der Waals surface area contributed by atoms with Crippen LogP contribution in [0.3, 0.4) is 0 Å². The summed E-state index contributed by atoms with van der Waals surface area (Å²) in [5.41, 5.74) is 2.72. The van der Waals surface area contributed by atoms with Gasteiger partial charge in [0, 0.05) is 23.4 Å². The van der Waals surface area contributed by atoms with Gasteiger partial charge < -0.3 is 10.6 Å². The molecule has 0 atom stereocenters. The highest BCUT2D eigenvalue weighted by molar-refractivity contribution is 7.80. The minimum atomic E-state index is -0.278. The number of benzene rings is 2. The molecule has 0 aromatic heterocycles. The Morgan fingerprint density at radius 3 is 2.38 bits per heavy atom. The number of carbonyl (C=O) groups is 2. The van der Waals surface area contributed by atoms with E-state index in [1.807, 2.05) is 19.1 Å². The molecule has 0 radical (unpaired) electrons. The molecule has 5 nitrogen and oxygen atoms in total. The number of nitrogens with one attached hydrogen (secondary N) is 3. The van der Waals surface area contributed by atoms with Crippen molar-refractivity contribution < 1.29 is 9.59 Å². The van der Waals surface area contributed by atoms with E-state index in [2.05, 4.69) is 22.9 Å². The lowest BCUT2D eigenvalue weighted by Gasteiger charge is -2.11. The maximum Gasteiger partial charge on any atom is 0.257 e. The second kappa shape index (κ2) is 9.68. The van der Waals surface area contributed by atoms with Crippen LogP contribution < -0.4 is 16.0 Å². The number of thiocarbonyl (C=S) groups is 1. The highest BCUT2D eigenvalue weighted by Gasteiger charge is 2.09. The second-order valence-corrected chi connectivity index (χ2v) is 6.38. The molecule has 2 amide bonds. The SMILES string of the molecule is CCCCNC(=O)c1cccc(NC(=S)NC(=O)c2cccc(C)c2)c1. The van der Waals surface area contributed by atoms with Crippen LogP contribution in [-0.2, 0) is 0 Å². The number of anilines is 1. The highest BCUT2D eigenvalue weighted by Crippen LogP contribution is 2.11. The van der Waals surface area contributed by atoms with Gasteiger partial charge in [0.05, 0.1) is 0 Å². The van der Waals surface area contributed by atoms with E-state index in [-0.39, 0.29) is 16.9 Å². The fraction of sp³-hybridized carbons (Fsp3) is 0.250. The Labute approximate surface area is 159 Å². The van der Waals surface area contributed by atoms with Crippen molar-refractivity contribution in [3.63, 3.8) is 0 Å². The van der Waals surface area contributed by atoms with Gasteiger partial charge in [0.15, 0.2) is 5.11 Å². The van der Waals surface area contributed by atoms with Gasteiger partial charge in [0.25, 0.3) is 11.8 Å². The lowest BCUT2D eigenvalue weighted by atomic mass is 10.1. The molecule has 2 aromatic rings. The van der Waals surface area contributed by atoms with Gasteiger partial charge in [0.1, 0.15) is 0 Å². The molecule has 0 heterocycles. The molecular formula is C20H23N3O2S. The van der Waals surface area contributed by atoms with Crippen LogP contribution in [-0.4, -0.2) is 23.5 Å². The zero-order valence-electron chi connectivity index (χ0n) is 15.0. The molecule has 26 heavy (non-hydrogen) atoms. The Morgan fingerprint density at radius 2 is 1.69 bits per heavy atom. The van der Waals surface area contributed by atoms with Crippen LogP contribution in [0, 0.1) is 6.92 Å². The van der Waals surface area contributed by atoms with E-state index in [0.29, 0.717) is 23.4 Å². The average molecular weight is 369 g/mol. The van der Waals surface area contributed by atoms with Crippen molar-refractivity contribution in [2.45, 2.75) is 26.7 Å². The summed E-state index contributed by atoms with van der Waals surface area (Å²) < 4.78 is 0. The Morgan fingerprint density at radius 1 is 1.00 bits per heavy atom. The summed E-state index contributed by atoms with van der Waals surface area (Å²) >= 11 is 5.20. The van der Waals surface area contributed by atoms with Crippen molar-refractivity contribution in [2.24, 2.45) is 0 Å². The summed E-state index contributed by atoms with van der Waals surface area (Å²) in [6, 6.07) is 14.3. The highest BCUT2D eigenvalue weighted by atomic mass is 32.1. The topological polar surface area (TPSA) is 70.2 Å². The zero-order valence-corrected chi connectivity index (χ0v) is 15.8. The van der Waals surface area contributed by atoms with Crippen LogP contribution >= 0.6 is 12.2 Å². The van der Waals surface area contributed by atoms with Crippen molar-refractivity contribution >= 4 is 34.8 Å². The van der Waals surface area contributed by atoms with E-state index in [0.717, 1.165) is 18.4 Å². The molecule has 3 N–H and O–H groups in total. The van der Waals surface area contributed by atoms with Gasteiger partial charge in [-0.1, -0.05) is 37.1 Å².